The van der Waals surface area contributed by atoms with E-state index >= 15 is 0 Å². The third kappa shape index (κ3) is 3.41. The Morgan fingerprint density at radius 1 is 1.16 bits per heavy atom. The molecule has 0 radical (unpaired) electrons. The van der Waals surface area contributed by atoms with Gasteiger partial charge in [0.15, 0.2) is 0 Å². The SMILES string of the molecule is C[C@@]1(c2ccccc2)NC(=O)N(CC(=O)Nc2cccc(Br)c2)C1=O. The molecule has 1 fully saturated rings. The van der Waals surface area contributed by atoms with Crippen LogP contribution in [0.2, 0.25) is 0 Å². The van der Waals surface area contributed by atoms with Gasteiger partial charge in [0.1, 0.15) is 12.1 Å². The average molecular weight is 402 g/mol. The van der Waals surface area contributed by atoms with E-state index in [0.29, 0.717) is 11.3 Å². The van der Waals surface area contributed by atoms with E-state index in [2.05, 4.69) is 26.6 Å². The molecule has 25 heavy (non-hydrogen) atoms. The summed E-state index contributed by atoms with van der Waals surface area (Å²) in [6, 6.07) is 15.4. The average Bonchev–Trinajstić information content (AvgIpc) is 2.80. The Morgan fingerprint density at radius 2 is 1.88 bits per heavy atom. The van der Waals surface area contributed by atoms with E-state index in [-0.39, 0.29) is 6.54 Å². The fourth-order valence-electron chi connectivity index (χ4n) is 2.72. The maximum absolute atomic E-state index is 12.7. The van der Waals surface area contributed by atoms with Crippen LogP contribution in [0.4, 0.5) is 10.5 Å². The molecule has 0 unspecified atom stereocenters. The van der Waals surface area contributed by atoms with Gasteiger partial charge in [0.25, 0.3) is 5.91 Å². The third-order valence-electron chi connectivity index (χ3n) is 4.04. The molecule has 1 aliphatic rings. The van der Waals surface area contributed by atoms with Crippen molar-refractivity contribution < 1.29 is 14.4 Å². The highest BCUT2D eigenvalue weighted by atomic mass is 79.9. The van der Waals surface area contributed by atoms with Gasteiger partial charge in [-0.2, -0.15) is 0 Å². The summed E-state index contributed by atoms with van der Waals surface area (Å²) in [5.41, 5.74) is 0.0782. The first-order valence-corrected chi connectivity index (χ1v) is 8.44. The van der Waals surface area contributed by atoms with Crippen LogP contribution in [0, 0.1) is 0 Å². The molecule has 7 heteroatoms. The van der Waals surface area contributed by atoms with Gasteiger partial charge in [-0.3, -0.25) is 14.5 Å². The lowest BCUT2D eigenvalue weighted by Crippen LogP contribution is -2.42. The van der Waals surface area contributed by atoms with E-state index in [4.69, 9.17) is 0 Å². The summed E-state index contributed by atoms with van der Waals surface area (Å²) >= 11 is 3.32. The molecule has 0 aliphatic carbocycles. The van der Waals surface area contributed by atoms with Crippen molar-refractivity contribution in [1.82, 2.24) is 10.2 Å². The number of halogens is 1. The number of carbonyl (C=O) groups is 3. The highest BCUT2D eigenvalue weighted by molar-refractivity contribution is 9.10. The molecular weight excluding hydrogens is 386 g/mol. The molecule has 1 saturated heterocycles. The number of urea groups is 1. The number of hydrogen-bond donors (Lipinski definition) is 2. The number of rotatable bonds is 4. The summed E-state index contributed by atoms with van der Waals surface area (Å²) in [4.78, 5) is 38.1. The van der Waals surface area contributed by atoms with Crippen molar-refractivity contribution in [1.29, 1.82) is 0 Å². The molecule has 2 N–H and O–H groups in total. The number of anilines is 1. The first kappa shape index (κ1) is 17.2. The number of nitrogens with one attached hydrogen (secondary N) is 2. The molecule has 0 aromatic heterocycles. The number of carbonyl (C=O) groups excluding carboxylic acids is 3. The predicted molar refractivity (Wildman–Crippen MR) is 96.8 cm³/mol. The zero-order chi connectivity index (χ0) is 18.0. The van der Waals surface area contributed by atoms with Crippen molar-refractivity contribution in [3.8, 4) is 0 Å². The summed E-state index contributed by atoms with van der Waals surface area (Å²) in [5, 5.41) is 5.35. The molecular formula is C18H16BrN3O3. The zero-order valence-electron chi connectivity index (χ0n) is 13.5. The Morgan fingerprint density at radius 3 is 2.56 bits per heavy atom. The van der Waals surface area contributed by atoms with E-state index in [0.717, 1.165) is 9.37 Å². The molecule has 6 nitrogen and oxygen atoms in total. The van der Waals surface area contributed by atoms with Crippen LogP contribution in [0.5, 0.6) is 0 Å². The predicted octanol–water partition coefficient (Wildman–Crippen LogP) is 2.85. The number of hydrogen-bond acceptors (Lipinski definition) is 3. The maximum Gasteiger partial charge on any atom is 0.325 e. The zero-order valence-corrected chi connectivity index (χ0v) is 15.0. The van der Waals surface area contributed by atoms with Crippen LogP contribution < -0.4 is 10.6 Å². The molecule has 0 saturated carbocycles. The normalized spacial score (nSPS) is 19.7. The Labute approximate surface area is 153 Å². The van der Waals surface area contributed by atoms with Crippen molar-refractivity contribution in [3.63, 3.8) is 0 Å². The van der Waals surface area contributed by atoms with E-state index in [1.165, 1.54) is 0 Å². The highest BCUT2D eigenvalue weighted by Crippen LogP contribution is 2.28. The van der Waals surface area contributed by atoms with Gasteiger partial charge in [0.05, 0.1) is 0 Å². The van der Waals surface area contributed by atoms with Gasteiger partial charge < -0.3 is 10.6 Å². The van der Waals surface area contributed by atoms with Gasteiger partial charge in [-0.1, -0.05) is 52.3 Å². The first-order valence-electron chi connectivity index (χ1n) is 7.65. The fourth-order valence-corrected chi connectivity index (χ4v) is 3.12. The van der Waals surface area contributed by atoms with Crippen LogP contribution in [0.15, 0.2) is 59.1 Å². The van der Waals surface area contributed by atoms with Crippen LogP contribution in [-0.4, -0.2) is 29.3 Å². The van der Waals surface area contributed by atoms with Crippen molar-refractivity contribution >= 4 is 39.5 Å². The van der Waals surface area contributed by atoms with E-state index in [9.17, 15) is 14.4 Å². The molecule has 1 heterocycles. The van der Waals surface area contributed by atoms with Crippen LogP contribution >= 0.6 is 15.9 Å². The van der Waals surface area contributed by atoms with Crippen molar-refractivity contribution in [3.05, 3.63) is 64.6 Å². The topological polar surface area (TPSA) is 78.5 Å². The largest absolute Gasteiger partial charge is 0.325 e. The lowest BCUT2D eigenvalue weighted by atomic mass is 9.92. The van der Waals surface area contributed by atoms with Gasteiger partial charge in [-0.15, -0.1) is 0 Å². The number of nitrogens with zero attached hydrogens (tertiary/aromatic N) is 1. The van der Waals surface area contributed by atoms with Crippen molar-refractivity contribution in [2.75, 3.05) is 11.9 Å². The number of imide groups is 1. The summed E-state index contributed by atoms with van der Waals surface area (Å²) in [7, 11) is 0. The molecule has 3 rings (SSSR count). The summed E-state index contributed by atoms with van der Waals surface area (Å²) < 4.78 is 0.817. The Hall–Kier alpha value is -2.67. The lowest BCUT2D eigenvalue weighted by Gasteiger charge is -2.22. The Bertz CT molecular complexity index is 840. The fraction of sp³-hybridized carbons (Fsp3) is 0.167. The quantitative estimate of drug-likeness (QED) is 0.773. The van der Waals surface area contributed by atoms with Crippen LogP contribution in [0.3, 0.4) is 0 Å². The monoisotopic (exact) mass is 401 g/mol. The molecule has 1 aliphatic heterocycles. The van der Waals surface area contributed by atoms with E-state index in [1.807, 2.05) is 12.1 Å². The maximum atomic E-state index is 12.7. The molecule has 0 bridgehead atoms. The minimum atomic E-state index is -1.17. The molecule has 128 valence electrons. The molecule has 2 aromatic carbocycles. The number of benzene rings is 2. The Balaban J connectivity index is 1.74. The summed E-state index contributed by atoms with van der Waals surface area (Å²) in [5.74, 6) is -0.896. The smallest absolute Gasteiger partial charge is 0.324 e. The van der Waals surface area contributed by atoms with Crippen LogP contribution in [0.25, 0.3) is 0 Å². The lowest BCUT2D eigenvalue weighted by molar-refractivity contribution is -0.133. The third-order valence-corrected chi connectivity index (χ3v) is 4.53. The van der Waals surface area contributed by atoms with Crippen molar-refractivity contribution in [2.45, 2.75) is 12.5 Å². The van der Waals surface area contributed by atoms with Gasteiger partial charge in [0.2, 0.25) is 5.91 Å². The molecule has 0 spiro atoms. The summed E-state index contributed by atoms with van der Waals surface area (Å²) in [6.45, 7) is 1.29. The molecule has 1 atom stereocenters. The minimum absolute atomic E-state index is 0.348. The number of amides is 4. The summed E-state index contributed by atoms with van der Waals surface area (Å²) in [6.07, 6.45) is 0. The molecule has 4 amide bonds. The van der Waals surface area contributed by atoms with Gasteiger partial charge >= 0.3 is 6.03 Å². The van der Waals surface area contributed by atoms with Crippen LogP contribution in [0.1, 0.15) is 12.5 Å². The van der Waals surface area contributed by atoms with Gasteiger partial charge in [0, 0.05) is 10.2 Å². The minimum Gasteiger partial charge on any atom is -0.324 e. The van der Waals surface area contributed by atoms with Crippen LogP contribution in [-0.2, 0) is 15.1 Å². The second-order valence-electron chi connectivity index (χ2n) is 5.87. The van der Waals surface area contributed by atoms with E-state index in [1.54, 1.807) is 49.4 Å². The highest BCUT2D eigenvalue weighted by Gasteiger charge is 2.49. The van der Waals surface area contributed by atoms with Gasteiger partial charge in [-0.05, 0) is 30.7 Å². The molecule has 2 aromatic rings. The second kappa shape index (κ2) is 6.68. The second-order valence-corrected chi connectivity index (χ2v) is 6.79. The Kier molecular flexibility index (Phi) is 4.59. The van der Waals surface area contributed by atoms with Gasteiger partial charge in [-0.25, -0.2) is 4.79 Å². The van der Waals surface area contributed by atoms with Crippen molar-refractivity contribution in [2.24, 2.45) is 0 Å². The van der Waals surface area contributed by atoms with E-state index < -0.39 is 23.4 Å². The standard InChI is InChI=1S/C18H16BrN3O3/c1-18(12-6-3-2-4-7-12)16(24)22(17(25)21-18)11-15(23)20-14-9-5-8-13(19)10-14/h2-10H,11H2,1H3,(H,20,23)(H,21,25)/t18-/m0/s1. The first-order chi connectivity index (χ1) is 11.9.